The minimum Gasteiger partial charge on any atom is -0.489 e. The van der Waals surface area contributed by atoms with Gasteiger partial charge in [0.25, 0.3) is 0 Å². The lowest BCUT2D eigenvalue weighted by molar-refractivity contribution is -0.397. The summed E-state index contributed by atoms with van der Waals surface area (Å²) in [5.74, 6) is 0.187. The number of hydrogen-bond donors (Lipinski definition) is 2. The lowest BCUT2D eigenvalue weighted by atomic mass is 10.1. The van der Waals surface area contributed by atoms with E-state index in [9.17, 15) is 9.28 Å². The van der Waals surface area contributed by atoms with Crippen molar-refractivity contribution in [3.63, 3.8) is 0 Å². The monoisotopic (exact) mass is 292 g/mol. The molecular weight excluding hydrogens is 279 g/mol. The predicted octanol–water partition coefficient (Wildman–Crippen LogP) is 2.23. The van der Waals surface area contributed by atoms with Crippen molar-refractivity contribution in [3.05, 3.63) is 59.7 Å². The molecule has 110 valence electrons. The number of halogens is 1. The van der Waals surface area contributed by atoms with Gasteiger partial charge in [0, 0.05) is 5.56 Å². The van der Waals surface area contributed by atoms with Gasteiger partial charge in [0.1, 0.15) is 12.4 Å². The maximum atomic E-state index is 12.0. The van der Waals surface area contributed by atoms with Crippen molar-refractivity contribution in [2.75, 3.05) is 0 Å². The molecule has 0 aliphatic rings. The van der Waals surface area contributed by atoms with Crippen LogP contribution in [0, 0.1) is 0 Å². The Hall–Kier alpha value is -2.64. The third-order valence-electron chi connectivity index (χ3n) is 2.65. The molecular formula is C14H13FN2O4. The van der Waals surface area contributed by atoms with Crippen molar-refractivity contribution in [2.24, 2.45) is 5.73 Å². The number of carbonyl (C=O) groups excluding carboxylic acids is 1. The van der Waals surface area contributed by atoms with Crippen LogP contribution in [0.3, 0.4) is 0 Å². The highest BCUT2D eigenvalue weighted by atomic mass is 19.2. The van der Waals surface area contributed by atoms with Crippen LogP contribution in [0.15, 0.2) is 48.5 Å². The largest absolute Gasteiger partial charge is 0.489 e. The number of carbonyl (C=O) groups is 1. The van der Waals surface area contributed by atoms with E-state index in [1.165, 1.54) is 12.1 Å². The second kappa shape index (κ2) is 6.69. The minimum absolute atomic E-state index is 0.123. The Kier molecular flexibility index (Phi) is 4.70. The normalized spacial score (nSPS) is 10.4. The molecule has 0 saturated carbocycles. The third-order valence-corrected chi connectivity index (χ3v) is 2.65. The molecule has 7 heteroatoms. The highest BCUT2D eigenvalue weighted by Gasteiger charge is 2.03. The third kappa shape index (κ3) is 4.44. The Balaban J connectivity index is 1.91. The van der Waals surface area contributed by atoms with Crippen molar-refractivity contribution >= 4 is 5.91 Å². The van der Waals surface area contributed by atoms with Crippen LogP contribution in [-0.2, 0) is 6.61 Å². The Bertz CT molecular complexity index is 599. The first-order chi connectivity index (χ1) is 10.0. The molecule has 0 aliphatic heterocycles. The smallest absolute Gasteiger partial charge is 0.248 e. The molecule has 0 spiro atoms. The van der Waals surface area contributed by atoms with Crippen molar-refractivity contribution < 1.29 is 24.1 Å². The van der Waals surface area contributed by atoms with Crippen molar-refractivity contribution in [3.8, 4) is 11.5 Å². The predicted molar refractivity (Wildman–Crippen MR) is 71.1 cm³/mol. The van der Waals surface area contributed by atoms with E-state index in [-0.39, 0.29) is 5.75 Å². The van der Waals surface area contributed by atoms with Gasteiger partial charge in [-0.3, -0.25) is 10.0 Å². The van der Waals surface area contributed by atoms with E-state index in [0.29, 0.717) is 17.9 Å². The Morgan fingerprint density at radius 3 is 2.19 bits per heavy atom. The van der Waals surface area contributed by atoms with Gasteiger partial charge in [-0.25, -0.2) is 0 Å². The highest BCUT2D eigenvalue weighted by Crippen LogP contribution is 2.19. The number of nitrogens with zero attached hydrogens (tertiary/aromatic N) is 1. The van der Waals surface area contributed by atoms with Crippen molar-refractivity contribution in [1.29, 1.82) is 0 Å². The zero-order valence-electron chi connectivity index (χ0n) is 10.9. The summed E-state index contributed by atoms with van der Waals surface area (Å²) in [7, 11) is 0. The van der Waals surface area contributed by atoms with Crippen LogP contribution < -0.4 is 15.3 Å². The van der Waals surface area contributed by atoms with E-state index in [4.69, 9.17) is 15.7 Å². The summed E-state index contributed by atoms with van der Waals surface area (Å²) in [6, 6.07) is 12.7. The molecule has 0 unspecified atom stereocenters. The van der Waals surface area contributed by atoms with Gasteiger partial charge in [0.2, 0.25) is 5.91 Å². The molecule has 0 saturated heterocycles. The van der Waals surface area contributed by atoms with Gasteiger partial charge >= 0.3 is 0 Å². The molecule has 0 aliphatic carbocycles. The zero-order valence-corrected chi connectivity index (χ0v) is 10.9. The summed E-state index contributed by atoms with van der Waals surface area (Å²) in [4.78, 5) is 15.2. The zero-order chi connectivity index (χ0) is 15.2. The van der Waals surface area contributed by atoms with Gasteiger partial charge in [-0.05, 0) is 42.0 Å². The molecule has 0 heterocycles. The fourth-order valence-corrected chi connectivity index (χ4v) is 1.62. The summed E-state index contributed by atoms with van der Waals surface area (Å²) in [6.07, 6.45) is 0. The van der Waals surface area contributed by atoms with E-state index in [1.807, 2.05) is 0 Å². The first-order valence-electron chi connectivity index (χ1n) is 5.99. The average molecular weight is 292 g/mol. The minimum atomic E-state index is -0.879. The van der Waals surface area contributed by atoms with Crippen LogP contribution in [0.4, 0.5) is 4.48 Å². The van der Waals surface area contributed by atoms with Crippen LogP contribution in [0.1, 0.15) is 15.9 Å². The second-order valence-electron chi connectivity index (χ2n) is 4.14. The summed E-state index contributed by atoms with van der Waals surface area (Å²) < 4.78 is 17.6. The first kappa shape index (κ1) is 14.8. The number of benzene rings is 2. The molecule has 0 radical (unpaired) electrons. The SMILES string of the molecule is NC(=O)c1ccc(COc2ccc(ON(O)F)cc2)cc1. The average Bonchev–Trinajstić information content (AvgIpc) is 2.46. The molecule has 2 aromatic rings. The van der Waals surface area contributed by atoms with Crippen LogP contribution in [0.25, 0.3) is 0 Å². The molecule has 21 heavy (non-hydrogen) atoms. The number of nitrogens with two attached hydrogens (primary N) is 1. The summed E-state index contributed by atoms with van der Waals surface area (Å²) in [5.41, 5.74) is 5.57. The summed E-state index contributed by atoms with van der Waals surface area (Å²) >= 11 is 0. The van der Waals surface area contributed by atoms with Crippen molar-refractivity contribution in [1.82, 2.24) is 5.45 Å². The van der Waals surface area contributed by atoms with E-state index >= 15 is 0 Å². The van der Waals surface area contributed by atoms with Crippen LogP contribution in [0.5, 0.6) is 11.5 Å². The second-order valence-corrected chi connectivity index (χ2v) is 4.14. The molecule has 2 rings (SSSR count). The van der Waals surface area contributed by atoms with Gasteiger partial charge in [-0.2, -0.15) is 0 Å². The highest BCUT2D eigenvalue weighted by molar-refractivity contribution is 5.92. The van der Waals surface area contributed by atoms with E-state index in [0.717, 1.165) is 5.56 Å². The summed E-state index contributed by atoms with van der Waals surface area (Å²) in [6.45, 7) is 0.300. The Labute approximate surface area is 120 Å². The number of primary amides is 1. The molecule has 0 aromatic heterocycles. The van der Waals surface area contributed by atoms with E-state index in [2.05, 4.69) is 4.84 Å². The topological polar surface area (TPSA) is 85.0 Å². The number of amides is 1. The van der Waals surface area contributed by atoms with Gasteiger partial charge in [0.15, 0.2) is 11.2 Å². The van der Waals surface area contributed by atoms with Crippen LogP contribution in [-0.4, -0.2) is 16.6 Å². The van der Waals surface area contributed by atoms with Crippen molar-refractivity contribution in [2.45, 2.75) is 6.61 Å². The van der Waals surface area contributed by atoms with Gasteiger partial charge in [-0.15, -0.1) is 0 Å². The first-order valence-corrected chi connectivity index (χ1v) is 5.99. The lowest BCUT2D eigenvalue weighted by Gasteiger charge is -2.08. The molecule has 1 amide bonds. The maximum Gasteiger partial charge on any atom is 0.248 e. The molecule has 0 atom stereocenters. The lowest BCUT2D eigenvalue weighted by Crippen LogP contribution is -2.11. The van der Waals surface area contributed by atoms with Crippen LogP contribution >= 0.6 is 0 Å². The standard InChI is InChI=1S/C14H13FN2O4/c15-17(19)21-13-7-5-12(6-8-13)20-9-10-1-3-11(4-2-10)14(16)18/h1-8,19H,9H2,(H2,16,18). The number of rotatable bonds is 6. The molecule has 2 aromatic carbocycles. The number of ether oxygens (including phenoxy) is 1. The van der Waals surface area contributed by atoms with E-state index < -0.39 is 11.4 Å². The maximum absolute atomic E-state index is 12.0. The van der Waals surface area contributed by atoms with Gasteiger partial charge in [-0.1, -0.05) is 16.6 Å². The van der Waals surface area contributed by atoms with Gasteiger partial charge in [0.05, 0.1) is 0 Å². The van der Waals surface area contributed by atoms with E-state index in [1.54, 1.807) is 36.4 Å². The fraction of sp³-hybridized carbons (Fsp3) is 0.0714. The molecule has 3 N–H and O–H groups in total. The number of hydrogen-bond acceptors (Lipinski definition) is 5. The quantitative estimate of drug-likeness (QED) is 0.630. The summed E-state index contributed by atoms with van der Waals surface area (Å²) in [5, 5.41) is 8.27. The molecule has 0 fully saturated rings. The van der Waals surface area contributed by atoms with Crippen LogP contribution in [0.2, 0.25) is 0 Å². The fourth-order valence-electron chi connectivity index (χ4n) is 1.62. The molecule has 0 bridgehead atoms. The molecule has 6 nitrogen and oxygen atoms in total. The Morgan fingerprint density at radius 1 is 1.10 bits per heavy atom. The van der Waals surface area contributed by atoms with Gasteiger partial charge < -0.3 is 15.3 Å². The Morgan fingerprint density at radius 2 is 1.67 bits per heavy atom.